The Morgan fingerprint density at radius 3 is 2.34 bits per heavy atom. The molecule has 1 unspecified atom stereocenters. The van der Waals surface area contributed by atoms with Gasteiger partial charge in [0.05, 0.1) is 25.6 Å². The molecule has 0 aromatic heterocycles. The second kappa shape index (κ2) is 7.57. The quantitative estimate of drug-likeness (QED) is 0.725. The molecule has 1 atom stereocenters. The Morgan fingerprint density at radius 1 is 1.10 bits per heavy atom. The highest BCUT2D eigenvalue weighted by Crippen LogP contribution is 2.34. The fourth-order valence-corrected chi connectivity index (χ4v) is 3.80. The van der Waals surface area contributed by atoms with E-state index in [9.17, 15) is 14.4 Å². The number of urea groups is 1. The highest BCUT2D eigenvalue weighted by Gasteiger charge is 2.51. The molecule has 29 heavy (non-hydrogen) atoms. The van der Waals surface area contributed by atoms with Crippen molar-refractivity contribution in [2.75, 3.05) is 38.2 Å². The lowest BCUT2D eigenvalue weighted by atomic mass is 9.98. The molecule has 2 aliphatic heterocycles. The number of benzene rings is 1. The van der Waals surface area contributed by atoms with E-state index in [4.69, 9.17) is 4.74 Å². The third kappa shape index (κ3) is 4.46. The molecule has 8 nitrogen and oxygen atoms in total. The third-order valence-electron chi connectivity index (χ3n) is 5.21. The van der Waals surface area contributed by atoms with Crippen LogP contribution in [-0.2, 0) is 20.7 Å². The highest BCUT2D eigenvalue weighted by molar-refractivity contribution is 5.95. The van der Waals surface area contributed by atoms with Gasteiger partial charge in [-0.05, 0) is 45.4 Å². The van der Waals surface area contributed by atoms with Crippen LogP contribution < -0.4 is 4.90 Å². The van der Waals surface area contributed by atoms with E-state index in [2.05, 4.69) is 4.74 Å². The standard InChI is InChI=1S/C21H29N3O5/c1-20(2,3)29-19(27)22-10-11-24-18(26)23(14-21(24,4)13-22)16-8-6-15(7-9-16)12-17(25)28-5/h6-9H,10-14H2,1-5H3. The number of fused-ring (bicyclic) bond motifs is 1. The lowest BCUT2D eigenvalue weighted by Gasteiger charge is -2.43. The zero-order valence-corrected chi connectivity index (χ0v) is 17.7. The van der Waals surface area contributed by atoms with E-state index < -0.39 is 11.1 Å². The van der Waals surface area contributed by atoms with Crippen LogP contribution in [0.1, 0.15) is 33.3 Å². The topological polar surface area (TPSA) is 79.4 Å². The molecule has 0 radical (unpaired) electrons. The first-order valence-corrected chi connectivity index (χ1v) is 9.75. The average Bonchev–Trinajstić information content (AvgIpc) is 2.91. The van der Waals surface area contributed by atoms with Crippen molar-refractivity contribution in [3.8, 4) is 0 Å². The number of methoxy groups -OCH3 is 1. The molecule has 2 saturated heterocycles. The van der Waals surface area contributed by atoms with Crippen LogP contribution >= 0.6 is 0 Å². The lowest BCUT2D eigenvalue weighted by molar-refractivity contribution is -0.139. The number of carbonyl (C=O) groups excluding carboxylic acids is 3. The molecular formula is C21H29N3O5. The van der Waals surface area contributed by atoms with Crippen LogP contribution in [-0.4, -0.2) is 72.3 Å². The number of rotatable bonds is 3. The van der Waals surface area contributed by atoms with Crippen molar-refractivity contribution in [2.45, 2.75) is 45.3 Å². The molecule has 3 rings (SSSR count). The minimum atomic E-state index is -0.557. The van der Waals surface area contributed by atoms with Gasteiger partial charge in [0.15, 0.2) is 0 Å². The average molecular weight is 403 g/mol. The van der Waals surface area contributed by atoms with Gasteiger partial charge in [0.1, 0.15) is 5.60 Å². The highest BCUT2D eigenvalue weighted by atomic mass is 16.6. The van der Waals surface area contributed by atoms with E-state index in [0.717, 1.165) is 11.3 Å². The minimum Gasteiger partial charge on any atom is -0.469 e. The summed E-state index contributed by atoms with van der Waals surface area (Å²) in [5.41, 5.74) is 0.547. The van der Waals surface area contributed by atoms with Gasteiger partial charge in [-0.1, -0.05) is 12.1 Å². The summed E-state index contributed by atoms with van der Waals surface area (Å²) in [6.07, 6.45) is -0.157. The third-order valence-corrected chi connectivity index (χ3v) is 5.21. The Morgan fingerprint density at radius 2 is 1.76 bits per heavy atom. The van der Waals surface area contributed by atoms with E-state index in [0.29, 0.717) is 26.2 Å². The van der Waals surface area contributed by atoms with Crippen LogP contribution in [0.5, 0.6) is 0 Å². The molecule has 3 amide bonds. The summed E-state index contributed by atoms with van der Waals surface area (Å²) in [5, 5.41) is 0. The molecule has 1 aromatic carbocycles. The number of nitrogens with zero attached hydrogens (tertiary/aromatic N) is 3. The Balaban J connectivity index is 1.72. The summed E-state index contributed by atoms with van der Waals surface area (Å²) >= 11 is 0. The minimum absolute atomic E-state index is 0.0722. The molecule has 0 saturated carbocycles. The zero-order chi connectivity index (χ0) is 21.4. The normalized spacial score (nSPS) is 21.8. The molecular weight excluding hydrogens is 374 g/mol. The fraction of sp³-hybridized carbons (Fsp3) is 0.571. The maximum absolute atomic E-state index is 13.0. The van der Waals surface area contributed by atoms with Gasteiger partial charge < -0.3 is 19.3 Å². The zero-order valence-electron chi connectivity index (χ0n) is 17.7. The molecule has 1 aromatic rings. The van der Waals surface area contributed by atoms with Crippen molar-refractivity contribution in [1.29, 1.82) is 0 Å². The molecule has 158 valence electrons. The molecule has 2 fully saturated rings. The summed E-state index contributed by atoms with van der Waals surface area (Å²) in [5.74, 6) is -0.304. The summed E-state index contributed by atoms with van der Waals surface area (Å²) in [7, 11) is 1.36. The van der Waals surface area contributed by atoms with E-state index >= 15 is 0 Å². The van der Waals surface area contributed by atoms with Gasteiger partial charge in [0, 0.05) is 25.3 Å². The van der Waals surface area contributed by atoms with Gasteiger partial charge in [-0.25, -0.2) is 9.59 Å². The summed E-state index contributed by atoms with van der Waals surface area (Å²) < 4.78 is 10.2. The van der Waals surface area contributed by atoms with Crippen LogP contribution in [0.25, 0.3) is 0 Å². The molecule has 0 spiro atoms. The predicted octanol–water partition coefficient (Wildman–Crippen LogP) is 2.65. The number of carbonyl (C=O) groups is 3. The van der Waals surface area contributed by atoms with Crippen molar-refractivity contribution >= 4 is 23.8 Å². The van der Waals surface area contributed by atoms with Crippen molar-refractivity contribution in [1.82, 2.24) is 9.80 Å². The number of amides is 3. The van der Waals surface area contributed by atoms with Gasteiger partial charge in [0.2, 0.25) is 0 Å². The van der Waals surface area contributed by atoms with Crippen molar-refractivity contribution in [3.63, 3.8) is 0 Å². The Kier molecular flexibility index (Phi) is 5.47. The summed E-state index contributed by atoms with van der Waals surface area (Å²) in [6.45, 7) is 9.32. The smallest absolute Gasteiger partial charge is 0.410 e. The largest absolute Gasteiger partial charge is 0.469 e. The number of anilines is 1. The van der Waals surface area contributed by atoms with Crippen molar-refractivity contribution in [3.05, 3.63) is 29.8 Å². The van der Waals surface area contributed by atoms with Gasteiger partial charge in [-0.15, -0.1) is 0 Å². The van der Waals surface area contributed by atoms with Gasteiger partial charge in [0.25, 0.3) is 0 Å². The first-order valence-electron chi connectivity index (χ1n) is 9.75. The Bertz CT molecular complexity index is 802. The second-order valence-electron chi connectivity index (χ2n) is 8.84. The van der Waals surface area contributed by atoms with Crippen LogP contribution in [0.15, 0.2) is 24.3 Å². The number of hydrogen-bond donors (Lipinski definition) is 0. The lowest BCUT2D eigenvalue weighted by Crippen LogP contribution is -2.61. The van der Waals surface area contributed by atoms with Gasteiger partial charge >= 0.3 is 18.1 Å². The van der Waals surface area contributed by atoms with Crippen LogP contribution in [0, 0.1) is 0 Å². The van der Waals surface area contributed by atoms with E-state index in [-0.39, 0.29) is 24.5 Å². The first kappa shape index (κ1) is 21.0. The molecule has 2 heterocycles. The molecule has 8 heteroatoms. The second-order valence-corrected chi connectivity index (χ2v) is 8.84. The number of ether oxygens (including phenoxy) is 2. The molecule has 0 N–H and O–H groups in total. The number of piperazine rings is 1. The summed E-state index contributed by atoms with van der Waals surface area (Å²) in [6, 6.07) is 7.25. The maximum Gasteiger partial charge on any atom is 0.410 e. The van der Waals surface area contributed by atoms with Gasteiger partial charge in [-0.3, -0.25) is 9.69 Å². The van der Waals surface area contributed by atoms with Crippen LogP contribution in [0.4, 0.5) is 15.3 Å². The van der Waals surface area contributed by atoms with Crippen LogP contribution in [0.2, 0.25) is 0 Å². The monoisotopic (exact) mass is 403 g/mol. The maximum atomic E-state index is 13.0. The van der Waals surface area contributed by atoms with Crippen molar-refractivity contribution < 1.29 is 23.9 Å². The fourth-order valence-electron chi connectivity index (χ4n) is 3.80. The van der Waals surface area contributed by atoms with Gasteiger partial charge in [-0.2, -0.15) is 0 Å². The molecule has 2 aliphatic rings. The van der Waals surface area contributed by atoms with E-state index in [1.165, 1.54) is 7.11 Å². The molecule has 0 bridgehead atoms. The van der Waals surface area contributed by atoms with E-state index in [1.807, 2.05) is 56.9 Å². The SMILES string of the molecule is COC(=O)Cc1ccc(N2CC3(C)CN(C(=O)OC(C)(C)C)CCN3C2=O)cc1. The molecule has 0 aliphatic carbocycles. The van der Waals surface area contributed by atoms with Crippen molar-refractivity contribution in [2.24, 2.45) is 0 Å². The Labute approximate surface area is 171 Å². The summed E-state index contributed by atoms with van der Waals surface area (Å²) in [4.78, 5) is 42.1. The van der Waals surface area contributed by atoms with E-state index in [1.54, 1.807) is 9.80 Å². The Hall–Kier alpha value is -2.77. The predicted molar refractivity (Wildman–Crippen MR) is 108 cm³/mol. The first-order chi connectivity index (χ1) is 13.5. The number of hydrogen-bond acceptors (Lipinski definition) is 5. The van der Waals surface area contributed by atoms with Crippen LogP contribution in [0.3, 0.4) is 0 Å². The number of esters is 1.